The highest BCUT2D eigenvalue weighted by Gasteiger charge is 2.10. The molecule has 0 bridgehead atoms. The lowest BCUT2D eigenvalue weighted by molar-refractivity contribution is 0.656. The SMILES string of the molecule is C#N.CC(C)c1ccncc1.CCn1cc(C(C)C)c(C#N)n1.Cc1cncc(C(C)C)c1. The number of hydrogen-bond acceptors (Lipinski definition) is 5. The molecule has 6 nitrogen and oxygen atoms in total. The monoisotopic (exact) mass is 446 g/mol. The molecule has 0 atom stereocenters. The van der Waals surface area contributed by atoms with Crippen molar-refractivity contribution in [2.45, 2.75) is 79.7 Å². The molecule has 176 valence electrons. The smallest absolute Gasteiger partial charge is 0.165 e. The Morgan fingerprint density at radius 3 is 1.82 bits per heavy atom. The predicted octanol–water partition coefficient (Wildman–Crippen LogP) is 6.76. The number of rotatable bonds is 4. The maximum atomic E-state index is 8.75. The second-order valence-corrected chi connectivity index (χ2v) is 8.44. The molecule has 0 fully saturated rings. The zero-order valence-electron chi connectivity index (χ0n) is 21.3. The molecule has 0 aliphatic heterocycles. The number of aryl methyl sites for hydroxylation is 2. The molecule has 3 aromatic heterocycles. The Bertz CT molecular complexity index is 979. The first-order valence-corrected chi connectivity index (χ1v) is 11.2. The highest BCUT2D eigenvalue weighted by molar-refractivity contribution is 5.31. The third kappa shape index (κ3) is 11.1. The highest BCUT2D eigenvalue weighted by atomic mass is 15.3. The fourth-order valence-corrected chi connectivity index (χ4v) is 2.75. The van der Waals surface area contributed by atoms with Crippen LogP contribution in [0.5, 0.6) is 0 Å². The Hall–Kier alpha value is -3.51. The van der Waals surface area contributed by atoms with E-state index in [4.69, 9.17) is 10.5 Å². The Morgan fingerprint density at radius 1 is 0.909 bits per heavy atom. The first kappa shape index (κ1) is 29.5. The second-order valence-electron chi connectivity index (χ2n) is 8.44. The van der Waals surface area contributed by atoms with E-state index in [-0.39, 0.29) is 0 Å². The molecule has 0 aliphatic carbocycles. The average Bonchev–Trinajstić information content (AvgIpc) is 3.26. The van der Waals surface area contributed by atoms with Gasteiger partial charge >= 0.3 is 0 Å². The van der Waals surface area contributed by atoms with Gasteiger partial charge in [-0.2, -0.15) is 10.4 Å². The molecular formula is C27H38N6. The lowest BCUT2D eigenvalue weighted by Crippen LogP contribution is -1.93. The normalized spacial score (nSPS) is 9.70. The van der Waals surface area contributed by atoms with Crippen molar-refractivity contribution in [2.75, 3.05) is 0 Å². The van der Waals surface area contributed by atoms with E-state index in [0.717, 1.165) is 12.1 Å². The van der Waals surface area contributed by atoms with Crippen LogP contribution < -0.4 is 0 Å². The minimum atomic E-state index is 0.375. The molecule has 0 radical (unpaired) electrons. The molecule has 3 heterocycles. The molecule has 0 saturated carbocycles. The fourth-order valence-electron chi connectivity index (χ4n) is 2.75. The van der Waals surface area contributed by atoms with Crippen LogP contribution in [-0.2, 0) is 6.54 Å². The van der Waals surface area contributed by atoms with Crippen LogP contribution in [0, 0.1) is 30.1 Å². The molecule has 3 rings (SSSR count). The summed E-state index contributed by atoms with van der Waals surface area (Å²) in [4.78, 5) is 8.03. The zero-order chi connectivity index (χ0) is 25.4. The van der Waals surface area contributed by atoms with Gasteiger partial charge in [-0.15, -0.1) is 0 Å². The van der Waals surface area contributed by atoms with E-state index >= 15 is 0 Å². The Kier molecular flexibility index (Phi) is 14.4. The maximum Gasteiger partial charge on any atom is 0.165 e. The summed E-state index contributed by atoms with van der Waals surface area (Å²) >= 11 is 0. The molecular weight excluding hydrogens is 408 g/mol. The first-order valence-electron chi connectivity index (χ1n) is 11.2. The van der Waals surface area contributed by atoms with Crippen molar-refractivity contribution >= 4 is 0 Å². The molecule has 0 spiro atoms. The van der Waals surface area contributed by atoms with E-state index < -0.39 is 0 Å². The molecule has 0 unspecified atom stereocenters. The molecule has 3 aromatic rings. The molecule has 0 aromatic carbocycles. The van der Waals surface area contributed by atoms with Crippen molar-refractivity contribution in [3.05, 3.63) is 77.1 Å². The van der Waals surface area contributed by atoms with Crippen LogP contribution in [0.3, 0.4) is 0 Å². The maximum absolute atomic E-state index is 8.75. The van der Waals surface area contributed by atoms with E-state index in [9.17, 15) is 0 Å². The van der Waals surface area contributed by atoms with Crippen LogP contribution in [0.4, 0.5) is 0 Å². The summed E-state index contributed by atoms with van der Waals surface area (Å²) in [6, 6.07) is 8.37. The summed E-state index contributed by atoms with van der Waals surface area (Å²) in [5, 5.41) is 19.4. The molecule has 0 N–H and O–H groups in total. The molecule has 6 heteroatoms. The van der Waals surface area contributed by atoms with E-state index in [0.29, 0.717) is 23.4 Å². The van der Waals surface area contributed by atoms with Gasteiger partial charge in [0.1, 0.15) is 6.07 Å². The van der Waals surface area contributed by atoms with Crippen LogP contribution in [0.2, 0.25) is 0 Å². The van der Waals surface area contributed by atoms with Crippen LogP contribution >= 0.6 is 0 Å². The zero-order valence-corrected chi connectivity index (χ0v) is 21.3. The third-order valence-corrected chi connectivity index (χ3v) is 4.78. The lowest BCUT2D eigenvalue weighted by atomic mass is 10.0. The summed E-state index contributed by atoms with van der Waals surface area (Å²) < 4.78 is 1.80. The van der Waals surface area contributed by atoms with Gasteiger partial charge < -0.3 is 0 Å². The lowest BCUT2D eigenvalue weighted by Gasteiger charge is -2.03. The van der Waals surface area contributed by atoms with Crippen LogP contribution in [0.25, 0.3) is 0 Å². The van der Waals surface area contributed by atoms with Crippen molar-refractivity contribution < 1.29 is 0 Å². The Balaban J connectivity index is 0.000000452. The summed E-state index contributed by atoms with van der Waals surface area (Å²) in [6.45, 7) is 21.2. The molecule has 0 saturated heterocycles. The van der Waals surface area contributed by atoms with Crippen molar-refractivity contribution in [1.29, 1.82) is 10.5 Å². The third-order valence-electron chi connectivity index (χ3n) is 4.78. The van der Waals surface area contributed by atoms with Crippen LogP contribution in [0.15, 0.2) is 49.2 Å². The van der Waals surface area contributed by atoms with Crippen molar-refractivity contribution in [1.82, 2.24) is 19.7 Å². The summed E-state index contributed by atoms with van der Waals surface area (Å²) in [6.07, 6.45) is 9.41. The molecule has 0 aliphatic rings. The molecule has 33 heavy (non-hydrogen) atoms. The van der Waals surface area contributed by atoms with Crippen LogP contribution in [0.1, 0.15) is 94.2 Å². The minimum absolute atomic E-state index is 0.375. The van der Waals surface area contributed by atoms with Crippen molar-refractivity contribution in [3.63, 3.8) is 0 Å². The second kappa shape index (κ2) is 16.2. The minimum Gasteiger partial charge on any atom is -0.271 e. The van der Waals surface area contributed by atoms with Gasteiger partial charge in [0, 0.05) is 49.7 Å². The summed E-state index contributed by atoms with van der Waals surface area (Å²) in [7, 11) is 0. The topological polar surface area (TPSA) is 91.2 Å². The Labute approximate surface area is 200 Å². The number of nitrogens with zero attached hydrogens (tertiary/aromatic N) is 6. The number of nitriles is 2. The van der Waals surface area contributed by atoms with E-state index in [2.05, 4.69) is 82.2 Å². The largest absolute Gasteiger partial charge is 0.271 e. The van der Waals surface area contributed by atoms with Gasteiger partial charge in [-0.3, -0.25) is 14.6 Å². The van der Waals surface area contributed by atoms with E-state index in [1.807, 2.05) is 50.0 Å². The average molecular weight is 447 g/mol. The van der Waals surface area contributed by atoms with Gasteiger partial charge in [-0.1, -0.05) is 47.6 Å². The van der Waals surface area contributed by atoms with Gasteiger partial charge in [0.05, 0.1) is 0 Å². The highest BCUT2D eigenvalue weighted by Crippen LogP contribution is 2.17. The van der Waals surface area contributed by atoms with E-state index in [1.54, 1.807) is 4.68 Å². The van der Waals surface area contributed by atoms with Gasteiger partial charge in [-0.05, 0) is 60.4 Å². The van der Waals surface area contributed by atoms with E-state index in [1.165, 1.54) is 16.7 Å². The fraction of sp³-hybridized carbons (Fsp3) is 0.444. The first-order chi connectivity index (χ1) is 15.7. The van der Waals surface area contributed by atoms with Crippen molar-refractivity contribution in [2.24, 2.45) is 0 Å². The summed E-state index contributed by atoms with van der Waals surface area (Å²) in [5.41, 5.74) is 5.52. The standard InChI is InChI=1S/C9H13N3.C9H13N.C8H11N.CHN/c1-4-12-6-8(7(2)3)9(5-10)11-12;1-7(2)9-4-8(3)5-10-6-9;1-7(2)8-3-5-9-6-4-8;1-2/h6-7H,4H2,1-3H3;4-7H,1-3H3;3-7H,1-2H3;1H. The summed E-state index contributed by atoms with van der Waals surface area (Å²) in [5.74, 6) is 1.58. The number of hydrogen-bond donors (Lipinski definition) is 0. The molecule has 0 amide bonds. The van der Waals surface area contributed by atoms with Gasteiger partial charge in [0.2, 0.25) is 0 Å². The van der Waals surface area contributed by atoms with Gasteiger partial charge in [0.15, 0.2) is 5.69 Å². The van der Waals surface area contributed by atoms with Gasteiger partial charge in [-0.25, -0.2) is 5.26 Å². The number of pyridine rings is 2. The quantitative estimate of drug-likeness (QED) is 0.441. The number of aromatic nitrogens is 4. The van der Waals surface area contributed by atoms with Crippen LogP contribution in [-0.4, -0.2) is 19.7 Å². The predicted molar refractivity (Wildman–Crippen MR) is 135 cm³/mol. The van der Waals surface area contributed by atoms with Gasteiger partial charge in [0.25, 0.3) is 0 Å². The Morgan fingerprint density at radius 2 is 1.48 bits per heavy atom. The van der Waals surface area contributed by atoms with Crippen molar-refractivity contribution in [3.8, 4) is 12.6 Å².